The Morgan fingerprint density at radius 1 is 0.313 bits per heavy atom. The molecule has 0 fully saturated rings. The Morgan fingerprint density at radius 2 is 0.566 bits per heavy atom. The Hall–Kier alpha value is -8.14. The maximum absolute atomic E-state index is 10.5. The minimum absolute atomic E-state index is 0.0585. The third-order valence-corrected chi connectivity index (χ3v) is 21.0. The number of aryl methyl sites for hydroxylation is 1. The van der Waals surface area contributed by atoms with E-state index >= 15 is 0 Å². The molecule has 10 aromatic rings. The fourth-order valence-corrected chi connectivity index (χ4v) is 16.2. The molecule has 0 aliphatic heterocycles. The second-order valence-corrected chi connectivity index (χ2v) is 27.0. The fourth-order valence-electron chi connectivity index (χ4n) is 16.2. The highest BCUT2D eigenvalue weighted by molar-refractivity contribution is 5.93. The largest absolute Gasteiger partial charge is 0.396 e. The lowest BCUT2D eigenvalue weighted by Gasteiger charge is -2.29. The lowest BCUT2D eigenvalue weighted by Crippen LogP contribution is -2.23. The Labute approximate surface area is 490 Å². The van der Waals surface area contributed by atoms with Crippen molar-refractivity contribution in [3.63, 3.8) is 0 Å². The van der Waals surface area contributed by atoms with Crippen molar-refractivity contribution in [3.05, 3.63) is 261 Å². The molecule has 83 heavy (non-hydrogen) atoms. The van der Waals surface area contributed by atoms with Gasteiger partial charge in [0.2, 0.25) is 0 Å². The summed E-state index contributed by atoms with van der Waals surface area (Å²) < 4.78 is 0. The minimum Gasteiger partial charge on any atom is -0.396 e. The van der Waals surface area contributed by atoms with Crippen molar-refractivity contribution < 1.29 is 10.2 Å². The summed E-state index contributed by atoms with van der Waals surface area (Å²) in [6.45, 7) is 26.1. The quantitative estimate of drug-likeness (QED) is 0.134. The third-order valence-electron chi connectivity index (χ3n) is 21.0. The molecular weight excluding hydrogens is 1000 g/mol. The number of benzene rings is 10. The summed E-state index contributed by atoms with van der Waals surface area (Å²) in [5.74, 6) is 0. The number of hydrogen-bond acceptors (Lipinski definition) is 2. The number of hydrogen-bond donors (Lipinski definition) is 2. The van der Waals surface area contributed by atoms with E-state index < -0.39 is 5.41 Å². The van der Waals surface area contributed by atoms with Crippen molar-refractivity contribution in [2.24, 2.45) is 0 Å². The standard InChI is InChI=1S/C81H72O2/c1-11-81(34-12-35-82)75-45-55(53-19-29-63-61-27-17-51(41-71(61)79(7,8)73(63)43-53)49-15-25-59-57-23-13-47(2)37-67(57)77(3,4)69(59)39-49)21-31-65(75)66-32-22-56(46-76(66)81)54-20-30-64-62-28-18-52(42-72(62)80(9,10)74(64)44-54)50-16-26-60-58-24-14-48(33-36-83)38-68(58)78(5,6)70(60)40-50/h11,13-32,37-46,82-83H,1,12,33-36H2,2-10H3. The van der Waals surface area contributed by atoms with Gasteiger partial charge in [-0.05, 0) is 236 Å². The smallest absolute Gasteiger partial charge is 0.0471 e. The van der Waals surface area contributed by atoms with Crippen molar-refractivity contribution in [1.82, 2.24) is 0 Å². The normalized spacial score (nSPS) is 17.6. The monoisotopic (exact) mass is 1080 g/mol. The lowest BCUT2D eigenvalue weighted by molar-refractivity contribution is 0.276. The molecule has 15 rings (SSSR count). The number of aliphatic hydroxyl groups excluding tert-OH is 2. The molecule has 0 amide bonds. The fraction of sp³-hybridized carbons (Fsp3) is 0.235. The maximum atomic E-state index is 10.5. The summed E-state index contributed by atoms with van der Waals surface area (Å²) in [6, 6.07) is 70.5. The molecule has 2 nitrogen and oxygen atoms in total. The van der Waals surface area contributed by atoms with Crippen molar-refractivity contribution in [2.75, 3.05) is 13.2 Å². The van der Waals surface area contributed by atoms with Gasteiger partial charge in [0, 0.05) is 40.3 Å². The van der Waals surface area contributed by atoms with Crippen LogP contribution in [0, 0.1) is 6.92 Å². The van der Waals surface area contributed by atoms with Crippen LogP contribution in [0.5, 0.6) is 0 Å². The van der Waals surface area contributed by atoms with Gasteiger partial charge in [-0.25, -0.2) is 0 Å². The number of fused-ring (bicyclic) bond motifs is 15. The van der Waals surface area contributed by atoms with E-state index in [0.717, 1.165) is 6.42 Å². The van der Waals surface area contributed by atoms with Crippen LogP contribution in [0.4, 0.5) is 0 Å². The maximum Gasteiger partial charge on any atom is 0.0471 e. The molecule has 1 unspecified atom stereocenters. The molecule has 10 aromatic carbocycles. The third kappa shape index (κ3) is 7.28. The van der Waals surface area contributed by atoms with Crippen LogP contribution < -0.4 is 0 Å². The SMILES string of the molecule is C=CC1(CCCO)c2cc(-c3ccc4c(c3)C(C)(C)c3cc(-c5ccc6c(c5)C(C)(C)c5cc(C)ccc5-6)ccc3-4)ccc2-c2ccc(-c3ccc4c(c3)C(C)(C)c3cc(-c5ccc6c(c5)C(C)(C)c5cc(CCO)ccc5-6)ccc3-4)cc21. The first kappa shape index (κ1) is 51.7. The Morgan fingerprint density at radius 3 is 0.855 bits per heavy atom. The Balaban J connectivity index is 0.728. The van der Waals surface area contributed by atoms with Crippen LogP contribution in [0.1, 0.15) is 135 Å². The molecule has 0 bridgehead atoms. The van der Waals surface area contributed by atoms with Gasteiger partial charge < -0.3 is 10.2 Å². The van der Waals surface area contributed by atoms with Gasteiger partial charge >= 0.3 is 0 Å². The van der Waals surface area contributed by atoms with Gasteiger partial charge in [-0.2, -0.15) is 0 Å². The first-order valence-electron chi connectivity index (χ1n) is 30.2. The first-order valence-corrected chi connectivity index (χ1v) is 30.2. The molecule has 0 heterocycles. The van der Waals surface area contributed by atoms with E-state index in [0.29, 0.717) is 12.8 Å². The predicted octanol–water partition coefficient (Wildman–Crippen LogP) is 19.6. The second-order valence-electron chi connectivity index (χ2n) is 27.0. The molecule has 5 aliphatic rings. The Bertz CT molecular complexity index is 4470. The predicted molar refractivity (Wildman–Crippen MR) is 347 cm³/mol. The number of rotatable bonds is 10. The van der Waals surface area contributed by atoms with Gasteiger partial charge in [0.15, 0.2) is 0 Å². The van der Waals surface area contributed by atoms with Gasteiger partial charge in [-0.3, -0.25) is 0 Å². The second kappa shape index (κ2) is 17.9. The average molecular weight is 1080 g/mol. The van der Waals surface area contributed by atoms with Gasteiger partial charge in [-0.1, -0.05) is 200 Å². The number of aliphatic hydroxyl groups is 2. The van der Waals surface area contributed by atoms with E-state index in [4.69, 9.17) is 0 Å². The van der Waals surface area contributed by atoms with E-state index in [9.17, 15) is 10.2 Å². The highest BCUT2D eigenvalue weighted by atomic mass is 16.3. The molecule has 0 saturated heterocycles. The van der Waals surface area contributed by atoms with Gasteiger partial charge in [0.1, 0.15) is 0 Å². The van der Waals surface area contributed by atoms with Crippen LogP contribution in [0.3, 0.4) is 0 Å². The van der Waals surface area contributed by atoms with E-state index in [1.54, 1.807) is 0 Å². The molecule has 0 saturated carbocycles. The minimum atomic E-state index is -0.475. The zero-order valence-electron chi connectivity index (χ0n) is 49.5. The topological polar surface area (TPSA) is 40.5 Å². The molecule has 2 N–H and O–H groups in total. The molecule has 0 aromatic heterocycles. The van der Waals surface area contributed by atoms with Crippen LogP contribution >= 0.6 is 0 Å². The summed E-state index contributed by atoms with van der Waals surface area (Å²) >= 11 is 0. The van der Waals surface area contributed by atoms with E-state index in [-0.39, 0.29) is 34.9 Å². The molecule has 408 valence electrons. The highest BCUT2D eigenvalue weighted by Gasteiger charge is 2.43. The summed E-state index contributed by atoms with van der Waals surface area (Å²) in [6.07, 6.45) is 4.27. The van der Waals surface area contributed by atoms with Crippen LogP contribution in [0.2, 0.25) is 0 Å². The molecule has 5 aliphatic carbocycles. The van der Waals surface area contributed by atoms with Gasteiger partial charge in [0.25, 0.3) is 0 Å². The molecule has 0 radical (unpaired) electrons. The summed E-state index contributed by atoms with van der Waals surface area (Å²) in [5.41, 5.74) is 37.8. The van der Waals surface area contributed by atoms with Crippen molar-refractivity contribution in [2.45, 2.75) is 109 Å². The van der Waals surface area contributed by atoms with Crippen LogP contribution in [-0.2, 0) is 33.5 Å². The van der Waals surface area contributed by atoms with E-state index in [1.807, 2.05) is 0 Å². The number of allylic oxidation sites excluding steroid dienone is 1. The molecule has 2 heteroatoms. The summed E-state index contributed by atoms with van der Waals surface area (Å²) in [7, 11) is 0. The lowest BCUT2D eigenvalue weighted by atomic mass is 9.73. The Kier molecular flexibility index (Phi) is 11.2. The van der Waals surface area contributed by atoms with Crippen molar-refractivity contribution in [1.29, 1.82) is 0 Å². The molecule has 1 atom stereocenters. The molecular formula is C81H72O2. The van der Waals surface area contributed by atoms with E-state index in [1.165, 1.54) is 167 Å². The summed E-state index contributed by atoms with van der Waals surface area (Å²) in [5, 5.41) is 20.2. The highest BCUT2D eigenvalue weighted by Crippen LogP contribution is 2.58. The average Bonchev–Trinajstić information content (AvgIpc) is 4.15. The van der Waals surface area contributed by atoms with Crippen molar-refractivity contribution >= 4 is 0 Å². The summed E-state index contributed by atoms with van der Waals surface area (Å²) in [4.78, 5) is 0. The molecule has 0 spiro atoms. The van der Waals surface area contributed by atoms with E-state index in [2.05, 4.69) is 257 Å². The zero-order valence-corrected chi connectivity index (χ0v) is 49.5. The van der Waals surface area contributed by atoms with Gasteiger partial charge in [0.05, 0.1) is 0 Å². The van der Waals surface area contributed by atoms with Crippen molar-refractivity contribution in [3.8, 4) is 100 Å². The van der Waals surface area contributed by atoms with Crippen LogP contribution in [0.25, 0.3) is 100 Å². The van der Waals surface area contributed by atoms with Gasteiger partial charge in [-0.15, -0.1) is 6.58 Å². The van der Waals surface area contributed by atoms with Crippen LogP contribution in [0.15, 0.2) is 195 Å². The van der Waals surface area contributed by atoms with Crippen LogP contribution in [-0.4, -0.2) is 23.4 Å². The first-order chi connectivity index (χ1) is 39.9. The zero-order chi connectivity index (χ0) is 57.3.